The number of hydrogen-bond acceptors (Lipinski definition) is 10. The van der Waals surface area contributed by atoms with E-state index in [0.29, 0.717) is 28.9 Å². The van der Waals surface area contributed by atoms with Gasteiger partial charge in [0, 0.05) is 66.4 Å². The van der Waals surface area contributed by atoms with Gasteiger partial charge in [0.25, 0.3) is 15.9 Å². The third kappa shape index (κ3) is 8.50. The molecule has 2 aliphatic heterocycles. The number of thiazole rings is 1. The lowest BCUT2D eigenvalue weighted by atomic mass is 10.1. The first kappa shape index (κ1) is 34.6. The SMILES string of the molecule is CS(=O)(=O)NC(=O)CC1CN(S(=O)(=O)c2cc3cc(Cl)ccc3[nH]2)CCN1C(=O)c1nc2c(s1)CNCC2.O=C(O)C(F)(F)F. The Bertz CT molecular complexity index is 1820. The molecule has 2 amide bonds. The zero-order chi connectivity index (χ0) is 33.3. The van der Waals surface area contributed by atoms with Crippen LogP contribution in [0.3, 0.4) is 0 Å². The number of H-pyrrole nitrogens is 1. The van der Waals surface area contributed by atoms with Crippen molar-refractivity contribution >= 4 is 71.7 Å². The Morgan fingerprint density at radius 3 is 2.49 bits per heavy atom. The van der Waals surface area contributed by atoms with E-state index in [1.54, 1.807) is 18.2 Å². The van der Waals surface area contributed by atoms with Crippen LogP contribution in [-0.2, 0) is 42.6 Å². The first-order chi connectivity index (χ1) is 20.8. The third-order valence-corrected chi connectivity index (χ3v) is 10.3. The number of carboxylic acid groups (broad SMARTS) is 1. The minimum Gasteiger partial charge on any atom is -0.475 e. The van der Waals surface area contributed by atoms with Crippen molar-refractivity contribution in [2.24, 2.45) is 0 Å². The number of sulfonamides is 2. The number of piperazine rings is 1. The van der Waals surface area contributed by atoms with Crippen LogP contribution in [0.15, 0.2) is 29.3 Å². The monoisotopic (exact) mass is 714 g/mol. The van der Waals surface area contributed by atoms with Gasteiger partial charge in [-0.15, -0.1) is 11.3 Å². The number of aliphatic carboxylic acids is 1. The lowest BCUT2D eigenvalue weighted by Gasteiger charge is -2.40. The van der Waals surface area contributed by atoms with E-state index < -0.39 is 56.5 Å². The number of hydrogen-bond donors (Lipinski definition) is 4. The van der Waals surface area contributed by atoms with Crippen molar-refractivity contribution < 1.29 is 49.5 Å². The van der Waals surface area contributed by atoms with Crippen molar-refractivity contribution in [1.82, 2.24) is 29.2 Å². The number of fused-ring (bicyclic) bond motifs is 2. The van der Waals surface area contributed by atoms with Crippen molar-refractivity contribution in [3.05, 3.63) is 44.9 Å². The minimum atomic E-state index is -5.08. The summed E-state index contributed by atoms with van der Waals surface area (Å²) in [5, 5.41) is 11.7. The van der Waals surface area contributed by atoms with Gasteiger partial charge in [-0.05, 0) is 24.3 Å². The molecule has 246 valence electrons. The number of carboxylic acids is 1. The highest BCUT2D eigenvalue weighted by Crippen LogP contribution is 2.28. The second-order valence-corrected chi connectivity index (χ2v) is 15.2. The van der Waals surface area contributed by atoms with Gasteiger partial charge >= 0.3 is 12.1 Å². The fourth-order valence-corrected chi connectivity index (χ4v) is 7.84. The number of carbonyl (C=O) groups is 3. The van der Waals surface area contributed by atoms with Gasteiger partial charge in [0.1, 0.15) is 5.03 Å². The van der Waals surface area contributed by atoms with Gasteiger partial charge in [0.05, 0.1) is 18.0 Å². The molecule has 1 fully saturated rings. The number of amides is 2. The molecule has 1 aromatic carbocycles. The summed E-state index contributed by atoms with van der Waals surface area (Å²) in [6.45, 7) is 1.16. The van der Waals surface area contributed by atoms with Gasteiger partial charge in [-0.2, -0.15) is 17.5 Å². The first-order valence-corrected chi connectivity index (χ1v) is 17.5. The van der Waals surface area contributed by atoms with Crippen LogP contribution in [0.1, 0.15) is 26.8 Å². The Balaban J connectivity index is 0.000000591. The van der Waals surface area contributed by atoms with E-state index >= 15 is 0 Å². The van der Waals surface area contributed by atoms with Crippen LogP contribution in [-0.4, -0.2) is 104 Å². The lowest BCUT2D eigenvalue weighted by molar-refractivity contribution is -0.192. The highest BCUT2D eigenvalue weighted by atomic mass is 35.5. The van der Waals surface area contributed by atoms with Crippen LogP contribution in [0.4, 0.5) is 13.2 Å². The number of benzene rings is 1. The standard InChI is InChI=1S/C22H25ClN6O6S3.C2HF3O2/c1-37(32,33)27-19(30)10-15-12-28(38(34,35)20-9-13-8-14(23)2-3-16(13)25-20)6-7-29(15)22(31)21-26-17-4-5-24-11-18(17)36-21;3-2(4,5)1(6)7/h2-3,8-9,15,24-25H,4-7,10-12H2,1H3,(H,27,30);(H,6,7). The molecule has 14 nitrogen and oxygen atoms in total. The Morgan fingerprint density at radius 2 is 1.87 bits per heavy atom. The summed E-state index contributed by atoms with van der Waals surface area (Å²) in [5.41, 5.74) is 1.44. The molecule has 4 N–H and O–H groups in total. The van der Waals surface area contributed by atoms with Crippen molar-refractivity contribution in [3.63, 3.8) is 0 Å². The Labute approximate surface area is 263 Å². The summed E-state index contributed by atoms with van der Waals surface area (Å²) in [7, 11) is -7.87. The topological polar surface area (TPSA) is 199 Å². The third-order valence-electron chi connectivity index (χ3n) is 6.63. The molecule has 0 radical (unpaired) electrons. The second kappa shape index (κ2) is 13.2. The van der Waals surface area contributed by atoms with E-state index in [9.17, 15) is 39.6 Å². The van der Waals surface area contributed by atoms with Gasteiger partial charge in [-0.25, -0.2) is 26.6 Å². The molecule has 3 aromatic rings. The molecule has 5 rings (SSSR count). The smallest absolute Gasteiger partial charge is 0.475 e. The highest BCUT2D eigenvalue weighted by Gasteiger charge is 2.40. The molecule has 0 saturated carbocycles. The van der Waals surface area contributed by atoms with Crippen molar-refractivity contribution in [2.45, 2.75) is 36.6 Å². The average molecular weight is 715 g/mol. The molecule has 0 aliphatic carbocycles. The van der Waals surface area contributed by atoms with Crippen LogP contribution in [0.5, 0.6) is 0 Å². The van der Waals surface area contributed by atoms with E-state index in [1.165, 1.54) is 26.6 Å². The van der Waals surface area contributed by atoms with Crippen molar-refractivity contribution in [1.29, 1.82) is 0 Å². The molecule has 4 heterocycles. The van der Waals surface area contributed by atoms with Gasteiger partial charge in [0.2, 0.25) is 15.9 Å². The highest BCUT2D eigenvalue weighted by molar-refractivity contribution is 7.89. The number of aromatic amines is 1. The number of alkyl halides is 3. The second-order valence-electron chi connectivity index (χ2n) is 10.0. The van der Waals surface area contributed by atoms with E-state index in [2.05, 4.69) is 15.3 Å². The fraction of sp³-hybridized carbons (Fsp3) is 0.417. The average Bonchev–Trinajstić information content (AvgIpc) is 3.56. The summed E-state index contributed by atoms with van der Waals surface area (Å²) in [5.74, 6) is -4.01. The van der Waals surface area contributed by atoms with E-state index in [0.717, 1.165) is 23.4 Å². The molecule has 45 heavy (non-hydrogen) atoms. The summed E-state index contributed by atoms with van der Waals surface area (Å²) < 4.78 is 85.1. The van der Waals surface area contributed by atoms with Gasteiger partial charge in [-0.3, -0.25) is 14.3 Å². The normalized spacial score (nSPS) is 17.7. The Morgan fingerprint density at radius 1 is 1.18 bits per heavy atom. The van der Waals surface area contributed by atoms with Crippen LogP contribution in [0.2, 0.25) is 5.02 Å². The molecule has 1 saturated heterocycles. The predicted molar refractivity (Wildman–Crippen MR) is 156 cm³/mol. The molecular formula is C24H26ClF3N6O8S3. The maximum atomic E-state index is 13.5. The van der Waals surface area contributed by atoms with Gasteiger partial charge in [-0.1, -0.05) is 11.6 Å². The summed E-state index contributed by atoms with van der Waals surface area (Å²) >= 11 is 7.30. The van der Waals surface area contributed by atoms with Crippen molar-refractivity contribution in [3.8, 4) is 0 Å². The van der Waals surface area contributed by atoms with E-state index in [4.69, 9.17) is 21.5 Å². The van der Waals surface area contributed by atoms with Crippen molar-refractivity contribution in [2.75, 3.05) is 32.4 Å². The summed E-state index contributed by atoms with van der Waals surface area (Å²) in [4.78, 5) is 44.7. The maximum Gasteiger partial charge on any atom is 0.490 e. The first-order valence-electron chi connectivity index (χ1n) is 12.9. The molecule has 0 spiro atoms. The molecule has 1 unspecified atom stereocenters. The van der Waals surface area contributed by atoms with Gasteiger partial charge < -0.3 is 20.3 Å². The van der Waals surface area contributed by atoms with Gasteiger partial charge in [0.15, 0.2) is 5.01 Å². The van der Waals surface area contributed by atoms with E-state index in [-0.39, 0.29) is 29.7 Å². The Hall–Kier alpha value is -3.30. The van der Waals surface area contributed by atoms with Crippen LogP contribution in [0.25, 0.3) is 10.9 Å². The molecule has 1 atom stereocenters. The maximum absolute atomic E-state index is 13.5. The predicted octanol–water partition coefficient (Wildman–Crippen LogP) is 1.54. The zero-order valence-corrected chi connectivity index (χ0v) is 26.4. The molecule has 21 heteroatoms. The van der Waals surface area contributed by atoms with Crippen LogP contribution in [0, 0.1) is 0 Å². The number of nitrogens with zero attached hydrogens (tertiary/aromatic N) is 3. The van der Waals surface area contributed by atoms with E-state index in [1.807, 2.05) is 4.72 Å². The zero-order valence-electron chi connectivity index (χ0n) is 23.2. The van der Waals surface area contributed by atoms with Crippen LogP contribution >= 0.6 is 22.9 Å². The van der Waals surface area contributed by atoms with Crippen LogP contribution < -0.4 is 10.0 Å². The molecule has 2 aromatic heterocycles. The number of halogens is 4. The number of carbonyl (C=O) groups excluding carboxylic acids is 2. The lowest BCUT2D eigenvalue weighted by Crippen LogP contribution is -2.57. The number of nitrogens with one attached hydrogen (secondary N) is 3. The fourth-order valence-electron chi connectivity index (χ4n) is 4.64. The Kier molecular flexibility index (Phi) is 10.1. The summed E-state index contributed by atoms with van der Waals surface area (Å²) in [6.07, 6.45) is -3.94. The summed E-state index contributed by atoms with van der Waals surface area (Å²) in [6, 6.07) is 5.53. The molecule has 0 bridgehead atoms. The quantitative estimate of drug-likeness (QED) is 0.291. The molecular weight excluding hydrogens is 689 g/mol. The molecule has 2 aliphatic rings. The number of aromatic nitrogens is 2. The number of rotatable bonds is 6. The minimum absolute atomic E-state index is 0.00341. The largest absolute Gasteiger partial charge is 0.490 e.